The van der Waals surface area contributed by atoms with Gasteiger partial charge in [-0.3, -0.25) is 9.69 Å². The first-order valence-electron chi connectivity index (χ1n) is 7.22. The van der Waals surface area contributed by atoms with Crippen molar-refractivity contribution in [2.24, 2.45) is 5.92 Å². The van der Waals surface area contributed by atoms with Gasteiger partial charge in [-0.2, -0.15) is 0 Å². The summed E-state index contributed by atoms with van der Waals surface area (Å²) < 4.78 is 0. The highest BCUT2D eigenvalue weighted by molar-refractivity contribution is 5.81. The zero-order chi connectivity index (χ0) is 13.7. The lowest BCUT2D eigenvalue weighted by atomic mass is 9.91. The number of likely N-dealkylation sites (N-methyl/N-ethyl adjacent to an activating group) is 1. The number of amides is 1. The number of rotatable bonds is 5. The number of aliphatic hydroxyl groups is 1. The summed E-state index contributed by atoms with van der Waals surface area (Å²) in [6.07, 6.45) is 1.77. The van der Waals surface area contributed by atoms with Crippen molar-refractivity contribution in [3.8, 4) is 0 Å². The number of aliphatic hydroxyl groups excluding tert-OH is 1. The molecule has 1 amide bonds. The molecule has 0 saturated carbocycles. The molecule has 0 aromatic carbocycles. The summed E-state index contributed by atoms with van der Waals surface area (Å²) in [5.74, 6) is 0.632. The van der Waals surface area contributed by atoms with Crippen LogP contribution in [0.2, 0.25) is 0 Å². The average molecular weight is 256 g/mol. The molecule has 4 nitrogen and oxygen atoms in total. The lowest BCUT2D eigenvalue weighted by molar-refractivity contribution is -0.136. The van der Waals surface area contributed by atoms with E-state index >= 15 is 0 Å². The Morgan fingerprint density at radius 3 is 2.17 bits per heavy atom. The summed E-state index contributed by atoms with van der Waals surface area (Å²) in [6.45, 7) is 11.3. The number of likely N-dealkylation sites (tertiary alicyclic amines) is 1. The first-order valence-corrected chi connectivity index (χ1v) is 7.22. The Bertz CT molecular complexity index is 257. The Kier molecular flexibility index (Phi) is 6.09. The molecule has 1 saturated heterocycles. The number of nitrogens with zero attached hydrogens (tertiary/aromatic N) is 2. The molecule has 1 aliphatic rings. The molecule has 0 aromatic rings. The highest BCUT2D eigenvalue weighted by Crippen LogP contribution is 2.22. The van der Waals surface area contributed by atoms with E-state index < -0.39 is 0 Å². The van der Waals surface area contributed by atoms with Crippen LogP contribution < -0.4 is 0 Å². The minimum Gasteiger partial charge on any atom is -0.393 e. The molecule has 0 aliphatic carbocycles. The molecule has 18 heavy (non-hydrogen) atoms. The van der Waals surface area contributed by atoms with E-state index in [1.54, 1.807) is 0 Å². The maximum atomic E-state index is 12.3. The van der Waals surface area contributed by atoms with Crippen molar-refractivity contribution in [3.63, 3.8) is 0 Å². The van der Waals surface area contributed by atoms with Crippen molar-refractivity contribution in [3.05, 3.63) is 0 Å². The molecule has 1 heterocycles. The van der Waals surface area contributed by atoms with Crippen molar-refractivity contribution in [1.29, 1.82) is 0 Å². The van der Waals surface area contributed by atoms with Crippen molar-refractivity contribution in [2.75, 3.05) is 26.2 Å². The van der Waals surface area contributed by atoms with Gasteiger partial charge in [0.15, 0.2) is 0 Å². The first-order chi connectivity index (χ1) is 8.51. The van der Waals surface area contributed by atoms with E-state index in [1.165, 1.54) is 0 Å². The summed E-state index contributed by atoms with van der Waals surface area (Å²) in [5, 5.41) is 9.58. The van der Waals surface area contributed by atoms with Crippen LogP contribution in [-0.2, 0) is 4.79 Å². The molecule has 0 spiro atoms. The SMILES string of the molecule is CCN(CC)C(=O)C(C)N1CCC(C(C)O)CC1. The second-order valence-corrected chi connectivity index (χ2v) is 5.30. The average Bonchev–Trinajstić information content (AvgIpc) is 2.39. The largest absolute Gasteiger partial charge is 0.393 e. The zero-order valence-electron chi connectivity index (χ0n) is 12.2. The van der Waals surface area contributed by atoms with Crippen LogP contribution in [0.25, 0.3) is 0 Å². The van der Waals surface area contributed by atoms with Crippen LogP contribution in [0.15, 0.2) is 0 Å². The summed E-state index contributed by atoms with van der Waals surface area (Å²) in [7, 11) is 0. The molecular formula is C14H28N2O2. The Morgan fingerprint density at radius 2 is 1.78 bits per heavy atom. The molecule has 0 aromatic heterocycles. The van der Waals surface area contributed by atoms with Gasteiger partial charge in [-0.05, 0) is 59.5 Å². The molecule has 1 fully saturated rings. The predicted molar refractivity (Wildman–Crippen MR) is 73.4 cm³/mol. The summed E-state index contributed by atoms with van der Waals surface area (Å²) >= 11 is 0. The number of piperidine rings is 1. The molecule has 2 unspecified atom stereocenters. The van der Waals surface area contributed by atoms with E-state index in [-0.39, 0.29) is 18.1 Å². The summed E-state index contributed by atoms with van der Waals surface area (Å²) in [6, 6.07) is -0.0279. The quantitative estimate of drug-likeness (QED) is 0.807. The molecule has 106 valence electrons. The third-order valence-corrected chi connectivity index (χ3v) is 4.24. The Morgan fingerprint density at radius 1 is 1.28 bits per heavy atom. The second-order valence-electron chi connectivity index (χ2n) is 5.30. The molecule has 1 N–H and O–H groups in total. The van der Waals surface area contributed by atoms with E-state index in [4.69, 9.17) is 0 Å². The third-order valence-electron chi connectivity index (χ3n) is 4.24. The van der Waals surface area contributed by atoms with Crippen LogP contribution in [-0.4, -0.2) is 59.1 Å². The molecular weight excluding hydrogens is 228 g/mol. The highest BCUT2D eigenvalue weighted by atomic mass is 16.3. The molecule has 1 rings (SSSR count). The van der Waals surface area contributed by atoms with Crippen molar-refractivity contribution in [2.45, 2.75) is 52.7 Å². The van der Waals surface area contributed by atoms with Crippen LogP contribution in [0.1, 0.15) is 40.5 Å². The summed E-state index contributed by atoms with van der Waals surface area (Å²) in [4.78, 5) is 16.4. The fourth-order valence-corrected chi connectivity index (χ4v) is 2.74. The number of carbonyl (C=O) groups excluding carboxylic acids is 1. The van der Waals surface area contributed by atoms with Crippen LogP contribution >= 0.6 is 0 Å². The van der Waals surface area contributed by atoms with Crippen LogP contribution in [0.5, 0.6) is 0 Å². The molecule has 2 atom stereocenters. The lowest BCUT2D eigenvalue weighted by Gasteiger charge is -2.37. The van der Waals surface area contributed by atoms with Gasteiger partial charge in [0.1, 0.15) is 0 Å². The van der Waals surface area contributed by atoms with Gasteiger partial charge >= 0.3 is 0 Å². The van der Waals surface area contributed by atoms with Gasteiger partial charge < -0.3 is 10.0 Å². The topological polar surface area (TPSA) is 43.8 Å². The van der Waals surface area contributed by atoms with E-state index in [0.717, 1.165) is 39.0 Å². The maximum absolute atomic E-state index is 12.3. The standard InChI is InChI=1S/C14H28N2O2/c1-5-15(6-2)14(18)11(3)16-9-7-13(8-10-16)12(4)17/h11-13,17H,5-10H2,1-4H3. The van der Waals surface area contributed by atoms with Crippen molar-refractivity contribution in [1.82, 2.24) is 9.80 Å². The maximum Gasteiger partial charge on any atom is 0.239 e. The zero-order valence-corrected chi connectivity index (χ0v) is 12.2. The van der Waals surface area contributed by atoms with Crippen molar-refractivity contribution < 1.29 is 9.90 Å². The fraction of sp³-hybridized carbons (Fsp3) is 0.929. The van der Waals surface area contributed by atoms with Gasteiger partial charge in [0.05, 0.1) is 12.1 Å². The van der Waals surface area contributed by atoms with E-state index in [1.807, 2.05) is 32.6 Å². The molecule has 0 bridgehead atoms. The monoisotopic (exact) mass is 256 g/mol. The minimum atomic E-state index is -0.221. The minimum absolute atomic E-state index is 0.0279. The molecule has 0 radical (unpaired) electrons. The van der Waals surface area contributed by atoms with E-state index in [9.17, 15) is 9.90 Å². The highest BCUT2D eigenvalue weighted by Gasteiger charge is 2.29. The van der Waals surface area contributed by atoms with E-state index in [2.05, 4.69) is 4.90 Å². The van der Waals surface area contributed by atoms with Crippen LogP contribution in [0, 0.1) is 5.92 Å². The fourth-order valence-electron chi connectivity index (χ4n) is 2.74. The van der Waals surface area contributed by atoms with Crippen LogP contribution in [0.4, 0.5) is 0 Å². The summed E-state index contributed by atoms with van der Waals surface area (Å²) in [5.41, 5.74) is 0. The van der Waals surface area contributed by atoms with E-state index in [0.29, 0.717) is 5.92 Å². The molecule has 4 heteroatoms. The number of carbonyl (C=O) groups is 1. The van der Waals surface area contributed by atoms with Crippen LogP contribution in [0.3, 0.4) is 0 Å². The van der Waals surface area contributed by atoms with Gasteiger partial charge in [-0.15, -0.1) is 0 Å². The predicted octanol–water partition coefficient (Wildman–Crippen LogP) is 1.34. The Balaban J connectivity index is 2.49. The molecule has 1 aliphatic heterocycles. The Hall–Kier alpha value is -0.610. The lowest BCUT2D eigenvalue weighted by Crippen LogP contribution is -2.50. The smallest absolute Gasteiger partial charge is 0.239 e. The van der Waals surface area contributed by atoms with Gasteiger partial charge in [0.2, 0.25) is 5.91 Å². The number of hydrogen-bond donors (Lipinski definition) is 1. The number of hydrogen-bond acceptors (Lipinski definition) is 3. The van der Waals surface area contributed by atoms with Gasteiger partial charge in [-0.25, -0.2) is 0 Å². The van der Waals surface area contributed by atoms with Gasteiger partial charge in [0.25, 0.3) is 0 Å². The first kappa shape index (κ1) is 15.4. The normalized spacial score (nSPS) is 21.6. The second kappa shape index (κ2) is 7.10. The van der Waals surface area contributed by atoms with Gasteiger partial charge in [-0.1, -0.05) is 0 Å². The Labute approximate surface area is 111 Å². The van der Waals surface area contributed by atoms with Crippen molar-refractivity contribution >= 4 is 5.91 Å². The van der Waals surface area contributed by atoms with Gasteiger partial charge in [0, 0.05) is 13.1 Å². The third kappa shape index (κ3) is 3.69.